The number of hydrogen-bond acceptors (Lipinski definition) is 3. The molecule has 3 rings (SSSR count). The van der Waals surface area contributed by atoms with Gasteiger partial charge in [0, 0.05) is 11.8 Å². The Morgan fingerprint density at radius 2 is 1.58 bits per heavy atom. The summed E-state index contributed by atoms with van der Waals surface area (Å²) in [6.45, 7) is 1.48. The fraction of sp³-hybridized carbons (Fsp3) is 0.316. The van der Waals surface area contributed by atoms with Crippen molar-refractivity contribution in [2.75, 3.05) is 0 Å². The van der Waals surface area contributed by atoms with Crippen molar-refractivity contribution in [3.63, 3.8) is 0 Å². The first-order chi connectivity index (χ1) is 11.6. The van der Waals surface area contributed by atoms with Crippen LogP contribution >= 0.6 is 0 Å². The molecule has 2 aromatic rings. The van der Waals surface area contributed by atoms with Gasteiger partial charge < -0.3 is 10.1 Å². The summed E-state index contributed by atoms with van der Waals surface area (Å²) in [4.78, 5) is 11.6. The Morgan fingerprint density at radius 3 is 2.17 bits per heavy atom. The lowest BCUT2D eigenvalue weighted by Crippen LogP contribution is -2.48. The van der Waals surface area contributed by atoms with Gasteiger partial charge in [0.15, 0.2) is 0 Å². The number of ether oxygens (including phenoxy) is 1. The second-order valence-electron chi connectivity index (χ2n) is 6.04. The number of benzene rings is 2. The molecule has 24 heavy (non-hydrogen) atoms. The monoisotopic (exact) mass is 343 g/mol. The Balaban J connectivity index is 1.77. The molecule has 0 radical (unpaired) electrons. The minimum Gasteiger partial charge on any atom is -0.457 e. The van der Waals surface area contributed by atoms with E-state index >= 15 is 0 Å². The molecule has 0 bridgehead atoms. The molecule has 2 aromatic carbocycles. The summed E-state index contributed by atoms with van der Waals surface area (Å²) < 4.78 is 18.8. The van der Waals surface area contributed by atoms with Gasteiger partial charge in [-0.3, -0.25) is 9.00 Å². The van der Waals surface area contributed by atoms with Crippen LogP contribution in [0, 0.1) is 0 Å². The van der Waals surface area contributed by atoms with Crippen molar-refractivity contribution >= 4 is 16.7 Å². The zero-order valence-corrected chi connectivity index (χ0v) is 14.5. The molecule has 1 unspecified atom stereocenters. The predicted molar refractivity (Wildman–Crippen MR) is 94.4 cm³/mol. The lowest BCUT2D eigenvalue weighted by Gasteiger charge is -2.29. The van der Waals surface area contributed by atoms with Gasteiger partial charge in [-0.2, -0.15) is 0 Å². The largest absolute Gasteiger partial charge is 0.457 e. The first kappa shape index (κ1) is 16.7. The van der Waals surface area contributed by atoms with Crippen LogP contribution in [-0.2, 0) is 15.6 Å². The molecule has 5 heteroatoms. The summed E-state index contributed by atoms with van der Waals surface area (Å²) in [6, 6.07) is 16.8. The molecule has 1 saturated carbocycles. The number of para-hydroxylation sites is 1. The van der Waals surface area contributed by atoms with E-state index in [4.69, 9.17) is 4.74 Å². The first-order valence-electron chi connectivity index (χ1n) is 8.13. The zero-order chi connectivity index (χ0) is 17.0. The average molecular weight is 343 g/mol. The zero-order valence-electron chi connectivity index (χ0n) is 13.7. The number of hydrogen-bond donors (Lipinski definition) is 1. The van der Waals surface area contributed by atoms with Gasteiger partial charge in [0.2, 0.25) is 5.91 Å². The van der Waals surface area contributed by atoms with E-state index in [9.17, 15) is 9.00 Å². The average Bonchev–Trinajstić information content (AvgIpc) is 3.05. The van der Waals surface area contributed by atoms with E-state index in [1.54, 1.807) is 0 Å². The van der Waals surface area contributed by atoms with E-state index in [0.717, 1.165) is 31.4 Å². The van der Waals surface area contributed by atoms with Gasteiger partial charge in [-0.05, 0) is 49.2 Å². The quantitative estimate of drug-likeness (QED) is 0.893. The summed E-state index contributed by atoms with van der Waals surface area (Å²) in [5, 5.41) is 2.94. The van der Waals surface area contributed by atoms with Crippen LogP contribution < -0.4 is 10.1 Å². The number of rotatable bonds is 5. The second-order valence-corrected chi connectivity index (χ2v) is 7.83. The highest BCUT2D eigenvalue weighted by atomic mass is 32.2. The Bertz CT molecular complexity index is 722. The smallest absolute Gasteiger partial charge is 0.218 e. The van der Waals surface area contributed by atoms with Crippen molar-refractivity contribution in [1.82, 2.24) is 5.32 Å². The van der Waals surface area contributed by atoms with Crippen molar-refractivity contribution in [1.29, 1.82) is 0 Å². The van der Waals surface area contributed by atoms with E-state index in [-0.39, 0.29) is 5.91 Å². The molecule has 1 N–H and O–H groups in total. The third-order valence-corrected chi connectivity index (χ3v) is 6.11. The molecular formula is C19H21NO3S. The van der Waals surface area contributed by atoms with Crippen LogP contribution in [0.4, 0.5) is 0 Å². The Morgan fingerprint density at radius 1 is 1.00 bits per heavy atom. The first-order valence-corrected chi connectivity index (χ1v) is 9.28. The highest BCUT2D eigenvalue weighted by Gasteiger charge is 2.41. The van der Waals surface area contributed by atoms with Gasteiger partial charge in [-0.1, -0.05) is 31.0 Å². The van der Waals surface area contributed by atoms with E-state index in [1.807, 2.05) is 54.6 Å². The topological polar surface area (TPSA) is 55.4 Å². The maximum absolute atomic E-state index is 13.0. The van der Waals surface area contributed by atoms with Crippen molar-refractivity contribution in [2.24, 2.45) is 0 Å². The van der Waals surface area contributed by atoms with E-state index in [2.05, 4.69) is 5.32 Å². The minimum absolute atomic E-state index is 0.130. The van der Waals surface area contributed by atoms with Crippen molar-refractivity contribution in [3.05, 3.63) is 54.6 Å². The van der Waals surface area contributed by atoms with Crippen molar-refractivity contribution in [2.45, 2.75) is 42.4 Å². The van der Waals surface area contributed by atoms with Crippen molar-refractivity contribution < 1.29 is 13.7 Å². The molecule has 1 fully saturated rings. The third kappa shape index (κ3) is 3.67. The number of carbonyl (C=O) groups is 1. The summed E-state index contributed by atoms with van der Waals surface area (Å²) in [7, 11) is -1.28. The third-order valence-electron chi connectivity index (χ3n) is 4.19. The fourth-order valence-electron chi connectivity index (χ4n) is 3.11. The second kappa shape index (κ2) is 7.18. The van der Waals surface area contributed by atoms with Gasteiger partial charge >= 0.3 is 0 Å². The standard InChI is InChI=1S/C19H21NO3S/c1-15(21)20-19(13-5-6-14-19)24(22)18-11-9-17(10-12-18)23-16-7-3-2-4-8-16/h2-4,7-12H,5-6,13-14H2,1H3,(H,20,21). The summed E-state index contributed by atoms with van der Waals surface area (Å²) >= 11 is 0. The molecule has 0 aromatic heterocycles. The molecule has 0 spiro atoms. The van der Waals surface area contributed by atoms with Crippen LogP contribution in [0.1, 0.15) is 32.6 Å². The molecule has 0 aliphatic heterocycles. The van der Waals surface area contributed by atoms with E-state index < -0.39 is 15.7 Å². The van der Waals surface area contributed by atoms with Crippen LogP contribution in [0.3, 0.4) is 0 Å². The van der Waals surface area contributed by atoms with Gasteiger partial charge in [0.25, 0.3) is 0 Å². The Hall–Kier alpha value is -2.14. The Labute approximate surface area is 144 Å². The lowest BCUT2D eigenvalue weighted by molar-refractivity contribution is -0.119. The SMILES string of the molecule is CC(=O)NC1(S(=O)c2ccc(Oc3ccccc3)cc2)CCCC1. The van der Waals surface area contributed by atoms with Crippen LogP contribution in [0.15, 0.2) is 59.5 Å². The molecule has 0 heterocycles. The number of nitrogens with one attached hydrogen (secondary N) is 1. The maximum Gasteiger partial charge on any atom is 0.218 e. The fourth-order valence-corrected chi connectivity index (χ4v) is 4.84. The van der Waals surface area contributed by atoms with Gasteiger partial charge in [0.1, 0.15) is 16.4 Å². The molecule has 1 aliphatic carbocycles. The van der Waals surface area contributed by atoms with Crippen molar-refractivity contribution in [3.8, 4) is 11.5 Å². The highest BCUT2D eigenvalue weighted by Crippen LogP contribution is 2.36. The van der Waals surface area contributed by atoms with E-state index in [0.29, 0.717) is 10.6 Å². The Kier molecular flexibility index (Phi) is 5.00. The lowest BCUT2D eigenvalue weighted by atomic mass is 10.2. The predicted octanol–water partition coefficient (Wildman–Crippen LogP) is 3.99. The molecular weight excluding hydrogens is 322 g/mol. The highest BCUT2D eigenvalue weighted by molar-refractivity contribution is 7.86. The van der Waals surface area contributed by atoms with Crippen LogP contribution in [-0.4, -0.2) is 15.0 Å². The molecule has 1 atom stereocenters. The molecule has 126 valence electrons. The maximum atomic E-state index is 13.0. The normalized spacial score (nSPS) is 17.2. The van der Waals surface area contributed by atoms with Crippen LogP contribution in [0.25, 0.3) is 0 Å². The van der Waals surface area contributed by atoms with Crippen LogP contribution in [0.2, 0.25) is 0 Å². The minimum atomic E-state index is -1.28. The molecule has 1 aliphatic rings. The number of amides is 1. The van der Waals surface area contributed by atoms with Gasteiger partial charge in [-0.25, -0.2) is 0 Å². The summed E-state index contributed by atoms with van der Waals surface area (Å²) in [5.41, 5.74) is 0. The van der Waals surface area contributed by atoms with Crippen LogP contribution in [0.5, 0.6) is 11.5 Å². The van der Waals surface area contributed by atoms with Gasteiger partial charge in [-0.15, -0.1) is 0 Å². The summed E-state index contributed by atoms with van der Waals surface area (Å²) in [5.74, 6) is 1.33. The molecule has 4 nitrogen and oxygen atoms in total. The molecule has 1 amide bonds. The van der Waals surface area contributed by atoms with E-state index in [1.165, 1.54) is 6.92 Å². The van der Waals surface area contributed by atoms with Gasteiger partial charge in [0.05, 0.1) is 10.8 Å². The summed E-state index contributed by atoms with van der Waals surface area (Å²) in [6.07, 6.45) is 3.48. The number of carbonyl (C=O) groups excluding carboxylic acids is 1. The molecule has 0 saturated heterocycles.